The summed E-state index contributed by atoms with van der Waals surface area (Å²) in [6, 6.07) is 11.2. The second kappa shape index (κ2) is 9.85. The average molecular weight is 504 g/mol. The molecule has 2 aliphatic carbocycles. The van der Waals surface area contributed by atoms with Crippen molar-refractivity contribution in [2.45, 2.75) is 82.8 Å². The molecule has 1 amide bonds. The molecule has 1 aliphatic heterocycles. The van der Waals surface area contributed by atoms with Gasteiger partial charge in [-0.25, -0.2) is 4.79 Å². The van der Waals surface area contributed by atoms with Crippen molar-refractivity contribution in [1.29, 1.82) is 5.26 Å². The Labute approximate surface area is 219 Å². The zero-order valence-corrected chi connectivity index (χ0v) is 22.4. The highest BCUT2D eigenvalue weighted by Gasteiger charge is 2.42. The number of nitriles is 1. The third kappa shape index (κ3) is 4.96. The summed E-state index contributed by atoms with van der Waals surface area (Å²) in [5, 5.41) is 9.51. The van der Waals surface area contributed by atoms with Crippen LogP contribution in [0, 0.1) is 11.3 Å². The molecule has 2 heterocycles. The topological polar surface area (TPSA) is 91.6 Å². The van der Waals surface area contributed by atoms with Gasteiger partial charge in [0.15, 0.2) is 0 Å². The Balaban J connectivity index is 1.44. The van der Waals surface area contributed by atoms with E-state index in [0.717, 1.165) is 37.2 Å². The van der Waals surface area contributed by atoms with Crippen molar-refractivity contribution in [3.63, 3.8) is 0 Å². The van der Waals surface area contributed by atoms with Crippen LogP contribution in [0.4, 0.5) is 10.6 Å². The van der Waals surface area contributed by atoms with E-state index in [2.05, 4.69) is 35.2 Å². The van der Waals surface area contributed by atoms with Gasteiger partial charge < -0.3 is 19.3 Å². The minimum atomic E-state index is -0.585. The van der Waals surface area contributed by atoms with Gasteiger partial charge in [0, 0.05) is 30.6 Å². The Bertz CT molecular complexity index is 1220. The number of amides is 1. The predicted molar refractivity (Wildman–Crippen MR) is 141 cm³/mol. The standard InChI is InChI=1S/C29H37N5O3/c1-28(2,3)37-27(35)34-17-16-33(19-21(34)12-15-30)25-22-11-14-29(18-24(22)31-26(32-25)36-4)13-7-9-20-8-5-6-10-23(20)29/h5-6,8,10,21H,7,9,11-14,16-19H2,1-4H3. The van der Waals surface area contributed by atoms with Crippen LogP contribution in [0.25, 0.3) is 0 Å². The number of aromatic nitrogens is 2. The van der Waals surface area contributed by atoms with Gasteiger partial charge in [-0.15, -0.1) is 0 Å². The molecule has 5 rings (SSSR count). The predicted octanol–water partition coefficient (Wildman–Crippen LogP) is 4.59. The minimum Gasteiger partial charge on any atom is -0.467 e. The molecule has 1 fully saturated rings. The third-order valence-electron chi connectivity index (χ3n) is 8.02. The number of nitrogens with zero attached hydrogens (tertiary/aromatic N) is 5. The van der Waals surface area contributed by atoms with Gasteiger partial charge in [0.1, 0.15) is 11.4 Å². The summed E-state index contributed by atoms with van der Waals surface area (Å²) in [4.78, 5) is 26.4. The van der Waals surface area contributed by atoms with E-state index in [4.69, 9.17) is 19.4 Å². The summed E-state index contributed by atoms with van der Waals surface area (Å²) < 4.78 is 11.2. The van der Waals surface area contributed by atoms with Crippen molar-refractivity contribution >= 4 is 11.9 Å². The molecule has 1 saturated heterocycles. The molecular weight excluding hydrogens is 466 g/mol. The molecule has 2 atom stereocenters. The van der Waals surface area contributed by atoms with E-state index in [1.807, 2.05) is 20.8 Å². The van der Waals surface area contributed by atoms with E-state index in [0.29, 0.717) is 25.6 Å². The Hall–Kier alpha value is -3.34. The number of methoxy groups -OCH3 is 1. The van der Waals surface area contributed by atoms with Crippen molar-refractivity contribution in [3.8, 4) is 12.1 Å². The van der Waals surface area contributed by atoms with Gasteiger partial charge >= 0.3 is 12.1 Å². The van der Waals surface area contributed by atoms with Crippen molar-refractivity contribution in [1.82, 2.24) is 14.9 Å². The molecule has 0 radical (unpaired) electrons. The summed E-state index contributed by atoms with van der Waals surface area (Å²) in [6.45, 7) is 7.18. The number of aryl methyl sites for hydroxylation is 1. The quantitative estimate of drug-likeness (QED) is 0.605. The molecule has 8 nitrogen and oxygen atoms in total. The average Bonchev–Trinajstić information content (AvgIpc) is 2.87. The molecule has 0 N–H and O–H groups in total. The van der Waals surface area contributed by atoms with Gasteiger partial charge in [0.2, 0.25) is 0 Å². The zero-order chi connectivity index (χ0) is 26.2. The van der Waals surface area contributed by atoms with E-state index >= 15 is 0 Å². The fourth-order valence-corrected chi connectivity index (χ4v) is 6.36. The normalized spacial score (nSPS) is 23.2. The van der Waals surface area contributed by atoms with Crippen LogP contribution in [0.3, 0.4) is 0 Å². The molecule has 1 aromatic heterocycles. The maximum absolute atomic E-state index is 12.9. The van der Waals surface area contributed by atoms with Gasteiger partial charge in [-0.2, -0.15) is 15.2 Å². The summed E-state index contributed by atoms with van der Waals surface area (Å²) in [5.41, 5.74) is 4.71. The first kappa shape index (κ1) is 25.3. The van der Waals surface area contributed by atoms with E-state index in [-0.39, 0.29) is 24.0 Å². The van der Waals surface area contributed by atoms with Crippen LogP contribution in [0.2, 0.25) is 0 Å². The molecule has 2 aromatic rings. The van der Waals surface area contributed by atoms with Gasteiger partial charge in [0.25, 0.3) is 0 Å². The van der Waals surface area contributed by atoms with E-state index in [9.17, 15) is 10.1 Å². The number of rotatable bonds is 3. The fourth-order valence-electron chi connectivity index (χ4n) is 6.36. The summed E-state index contributed by atoms with van der Waals surface area (Å²) >= 11 is 0. The monoisotopic (exact) mass is 503 g/mol. The van der Waals surface area contributed by atoms with Gasteiger partial charge in [-0.1, -0.05) is 24.3 Å². The minimum absolute atomic E-state index is 0.108. The second-order valence-electron chi connectivity index (χ2n) is 11.6. The second-order valence-corrected chi connectivity index (χ2v) is 11.6. The maximum Gasteiger partial charge on any atom is 0.410 e. The van der Waals surface area contributed by atoms with Gasteiger partial charge in [-0.05, 0) is 70.4 Å². The van der Waals surface area contributed by atoms with Gasteiger partial charge in [0.05, 0.1) is 31.3 Å². The van der Waals surface area contributed by atoms with Crippen LogP contribution < -0.4 is 9.64 Å². The molecular formula is C29H37N5O3. The van der Waals surface area contributed by atoms with Crippen LogP contribution in [-0.4, -0.2) is 59.3 Å². The number of ether oxygens (including phenoxy) is 2. The van der Waals surface area contributed by atoms with Crippen LogP contribution in [0.5, 0.6) is 6.01 Å². The lowest BCUT2D eigenvalue weighted by Crippen LogP contribution is -2.56. The van der Waals surface area contributed by atoms with Crippen LogP contribution in [0.1, 0.15) is 68.8 Å². The fraction of sp³-hybridized carbons (Fsp3) is 0.586. The largest absolute Gasteiger partial charge is 0.467 e. The molecule has 37 heavy (non-hydrogen) atoms. The number of carbonyl (C=O) groups is 1. The molecule has 2 unspecified atom stereocenters. The number of benzene rings is 1. The number of fused-ring (bicyclic) bond motifs is 3. The number of carbonyl (C=O) groups excluding carboxylic acids is 1. The van der Waals surface area contributed by atoms with Crippen molar-refractivity contribution < 1.29 is 14.3 Å². The maximum atomic E-state index is 12.9. The Morgan fingerprint density at radius 1 is 1.19 bits per heavy atom. The van der Waals surface area contributed by atoms with Crippen molar-refractivity contribution in [2.75, 3.05) is 31.6 Å². The first-order valence-electron chi connectivity index (χ1n) is 13.4. The number of hydrogen-bond donors (Lipinski definition) is 0. The SMILES string of the molecule is COc1nc2c(c(N3CCN(C(=O)OC(C)(C)C)C(CC#N)C3)n1)CCC1(CCCc3ccccc31)C2. The molecule has 3 aliphatic rings. The van der Waals surface area contributed by atoms with Crippen molar-refractivity contribution in [2.24, 2.45) is 0 Å². The number of anilines is 1. The zero-order valence-electron chi connectivity index (χ0n) is 22.4. The molecule has 8 heteroatoms. The molecule has 1 spiro atoms. The van der Waals surface area contributed by atoms with Gasteiger partial charge in [-0.3, -0.25) is 0 Å². The first-order valence-corrected chi connectivity index (χ1v) is 13.4. The van der Waals surface area contributed by atoms with Crippen LogP contribution in [-0.2, 0) is 29.4 Å². The lowest BCUT2D eigenvalue weighted by Gasteiger charge is -2.44. The Morgan fingerprint density at radius 2 is 2.00 bits per heavy atom. The molecule has 0 saturated carbocycles. The highest BCUT2D eigenvalue weighted by molar-refractivity contribution is 5.69. The number of hydrogen-bond acceptors (Lipinski definition) is 7. The number of piperazine rings is 1. The van der Waals surface area contributed by atoms with Crippen LogP contribution >= 0.6 is 0 Å². The Kier molecular flexibility index (Phi) is 6.74. The molecule has 196 valence electrons. The van der Waals surface area contributed by atoms with E-state index in [1.165, 1.54) is 29.5 Å². The first-order chi connectivity index (χ1) is 17.7. The lowest BCUT2D eigenvalue weighted by atomic mass is 9.62. The highest BCUT2D eigenvalue weighted by atomic mass is 16.6. The lowest BCUT2D eigenvalue weighted by molar-refractivity contribution is 0.0144. The highest BCUT2D eigenvalue weighted by Crippen LogP contribution is 2.47. The van der Waals surface area contributed by atoms with Crippen molar-refractivity contribution in [3.05, 3.63) is 46.6 Å². The molecule has 0 bridgehead atoms. The Morgan fingerprint density at radius 3 is 2.76 bits per heavy atom. The summed E-state index contributed by atoms with van der Waals surface area (Å²) in [6.07, 6.45) is 6.23. The van der Waals surface area contributed by atoms with E-state index < -0.39 is 5.60 Å². The summed E-state index contributed by atoms with van der Waals surface area (Å²) in [5.74, 6) is 0.882. The smallest absolute Gasteiger partial charge is 0.410 e. The van der Waals surface area contributed by atoms with Crippen LogP contribution in [0.15, 0.2) is 24.3 Å². The van der Waals surface area contributed by atoms with E-state index in [1.54, 1.807) is 12.0 Å². The third-order valence-corrected chi connectivity index (χ3v) is 8.02. The molecule has 1 aromatic carbocycles. The summed E-state index contributed by atoms with van der Waals surface area (Å²) in [7, 11) is 1.61.